The van der Waals surface area contributed by atoms with Crippen LogP contribution in [-0.4, -0.2) is 60.8 Å². The van der Waals surface area contributed by atoms with Crippen LogP contribution in [0.4, 0.5) is 39.5 Å². The largest absolute Gasteiger partial charge is 0.497 e. The second-order valence-corrected chi connectivity index (χ2v) is 15.7. The number of aryl methyl sites for hydroxylation is 1. The third kappa shape index (κ3) is 7.48. The van der Waals surface area contributed by atoms with E-state index in [1.807, 2.05) is 19.9 Å². The number of alkyl halides is 9. The molecule has 0 heterocycles. The van der Waals surface area contributed by atoms with Gasteiger partial charge in [0.1, 0.15) is 5.75 Å². The molecule has 1 aromatic rings. The molecule has 7 unspecified atom stereocenters. The lowest BCUT2D eigenvalue weighted by atomic mass is 9.55. The molecule has 0 aliphatic heterocycles. The van der Waals surface area contributed by atoms with Gasteiger partial charge < -0.3 is 18.9 Å². The average molecular weight is 705 g/mol. The summed E-state index contributed by atoms with van der Waals surface area (Å²) in [6.07, 6.45) is -17.7. The molecule has 13 heteroatoms. The molecular formula is C35H49F9O4. The van der Waals surface area contributed by atoms with Crippen LogP contribution in [0, 0.1) is 17.3 Å². The van der Waals surface area contributed by atoms with Crippen LogP contribution in [-0.2, 0) is 20.6 Å². The Morgan fingerprint density at radius 2 is 1.38 bits per heavy atom. The van der Waals surface area contributed by atoms with Crippen molar-refractivity contribution in [3.63, 3.8) is 0 Å². The number of benzene rings is 1. The van der Waals surface area contributed by atoms with E-state index in [2.05, 4.69) is 23.8 Å². The predicted molar refractivity (Wildman–Crippen MR) is 162 cm³/mol. The van der Waals surface area contributed by atoms with Crippen molar-refractivity contribution in [3.8, 4) is 5.75 Å². The van der Waals surface area contributed by atoms with E-state index in [4.69, 9.17) is 14.2 Å². The monoisotopic (exact) mass is 704 g/mol. The molecule has 276 valence electrons. The Morgan fingerprint density at radius 3 is 1.94 bits per heavy atom. The van der Waals surface area contributed by atoms with Crippen LogP contribution in [0.3, 0.4) is 0 Å². The van der Waals surface area contributed by atoms with E-state index in [1.165, 1.54) is 18.1 Å². The molecule has 3 aliphatic rings. The van der Waals surface area contributed by atoms with Gasteiger partial charge in [0.2, 0.25) is 0 Å². The van der Waals surface area contributed by atoms with E-state index >= 15 is 0 Å². The Hall–Kier alpha value is -1.73. The zero-order valence-corrected chi connectivity index (χ0v) is 28.9. The van der Waals surface area contributed by atoms with Crippen molar-refractivity contribution in [3.05, 3.63) is 29.3 Å². The van der Waals surface area contributed by atoms with Crippen molar-refractivity contribution in [2.24, 2.45) is 17.3 Å². The number of ether oxygens (including phenoxy) is 4. The van der Waals surface area contributed by atoms with E-state index in [1.54, 1.807) is 21.0 Å². The normalized spacial score (nSPS) is 28.4. The molecule has 0 bridgehead atoms. The lowest BCUT2D eigenvalue weighted by Gasteiger charge is -2.52. The highest BCUT2D eigenvalue weighted by molar-refractivity contribution is 5.40. The number of halogens is 9. The highest BCUT2D eigenvalue weighted by Gasteiger charge is 2.85. The molecule has 0 N–H and O–H groups in total. The summed E-state index contributed by atoms with van der Waals surface area (Å²) in [5.41, 5.74) is -5.27. The lowest BCUT2D eigenvalue weighted by molar-refractivity contribution is -0.464. The Kier molecular flexibility index (Phi) is 10.7. The molecule has 0 aromatic heterocycles. The van der Waals surface area contributed by atoms with Crippen LogP contribution in [0.1, 0.15) is 110 Å². The predicted octanol–water partition coefficient (Wildman–Crippen LogP) is 10.5. The minimum Gasteiger partial charge on any atom is -0.497 e. The van der Waals surface area contributed by atoms with Gasteiger partial charge in [-0.25, -0.2) is 0 Å². The van der Waals surface area contributed by atoms with Crippen LogP contribution in [0.2, 0.25) is 0 Å². The minimum absolute atomic E-state index is 0.0161. The van der Waals surface area contributed by atoms with Crippen LogP contribution < -0.4 is 4.74 Å². The molecule has 3 aliphatic carbocycles. The highest BCUT2D eigenvalue weighted by atomic mass is 19.4. The fourth-order valence-corrected chi connectivity index (χ4v) is 9.42. The fourth-order valence-electron chi connectivity index (χ4n) is 9.42. The van der Waals surface area contributed by atoms with Gasteiger partial charge >= 0.3 is 24.1 Å². The van der Waals surface area contributed by atoms with Crippen molar-refractivity contribution >= 4 is 0 Å². The van der Waals surface area contributed by atoms with Crippen LogP contribution in [0.25, 0.3) is 0 Å². The van der Waals surface area contributed by atoms with Gasteiger partial charge in [0.15, 0.2) is 0 Å². The van der Waals surface area contributed by atoms with Crippen LogP contribution >= 0.6 is 0 Å². The summed E-state index contributed by atoms with van der Waals surface area (Å²) in [7, 11) is 1.68. The molecular weight excluding hydrogens is 655 g/mol. The Balaban J connectivity index is 1.38. The number of fused-ring (bicyclic) bond motifs is 5. The molecule has 4 nitrogen and oxygen atoms in total. The molecule has 4 rings (SSSR count). The van der Waals surface area contributed by atoms with Crippen molar-refractivity contribution in [2.45, 2.75) is 159 Å². The zero-order chi connectivity index (χ0) is 36.3. The maximum Gasteiger partial charge on any atom is 0.435 e. The Morgan fingerprint density at radius 1 is 0.792 bits per heavy atom. The van der Waals surface area contributed by atoms with Crippen molar-refractivity contribution in [1.82, 2.24) is 0 Å². The van der Waals surface area contributed by atoms with E-state index in [9.17, 15) is 39.5 Å². The highest BCUT2D eigenvalue weighted by Crippen LogP contribution is 2.62. The summed E-state index contributed by atoms with van der Waals surface area (Å²) in [5, 5.41) is 0. The first-order valence-corrected chi connectivity index (χ1v) is 16.7. The Labute approximate surface area is 277 Å². The molecule has 0 amide bonds. The molecule has 2 saturated carbocycles. The van der Waals surface area contributed by atoms with E-state index < -0.39 is 54.0 Å². The summed E-state index contributed by atoms with van der Waals surface area (Å²) >= 11 is 0. The molecule has 0 radical (unpaired) electrons. The average Bonchev–Trinajstić information content (AvgIpc) is 3.23. The number of hydrogen-bond donors (Lipinski definition) is 0. The van der Waals surface area contributed by atoms with Gasteiger partial charge in [-0.05, 0) is 133 Å². The topological polar surface area (TPSA) is 36.9 Å². The van der Waals surface area contributed by atoms with E-state index in [0.717, 1.165) is 51.2 Å². The third-order valence-corrected chi connectivity index (χ3v) is 10.9. The zero-order valence-electron chi connectivity index (χ0n) is 28.9. The van der Waals surface area contributed by atoms with Gasteiger partial charge in [0.25, 0.3) is 0 Å². The minimum atomic E-state index is -6.78. The Bertz CT molecular complexity index is 1240. The quantitative estimate of drug-likeness (QED) is 0.215. The molecule has 48 heavy (non-hydrogen) atoms. The summed E-state index contributed by atoms with van der Waals surface area (Å²) in [5.74, 6) is 2.42. The van der Waals surface area contributed by atoms with Gasteiger partial charge in [0, 0.05) is 6.42 Å². The number of methoxy groups -OCH3 is 1. The third-order valence-electron chi connectivity index (χ3n) is 10.9. The second kappa shape index (κ2) is 13.1. The molecule has 7 atom stereocenters. The maximum absolute atomic E-state index is 13.4. The van der Waals surface area contributed by atoms with Gasteiger partial charge in [-0.3, -0.25) is 0 Å². The summed E-state index contributed by atoms with van der Waals surface area (Å²) < 4.78 is 142. The van der Waals surface area contributed by atoms with Crippen molar-refractivity contribution < 1.29 is 58.5 Å². The first-order chi connectivity index (χ1) is 21.8. The van der Waals surface area contributed by atoms with Gasteiger partial charge in [-0.1, -0.05) is 13.0 Å². The van der Waals surface area contributed by atoms with Crippen molar-refractivity contribution in [2.75, 3.05) is 7.11 Å². The lowest BCUT2D eigenvalue weighted by Crippen LogP contribution is -2.68. The van der Waals surface area contributed by atoms with Gasteiger partial charge in [-0.15, -0.1) is 0 Å². The summed E-state index contributed by atoms with van der Waals surface area (Å²) in [4.78, 5) is 0. The maximum atomic E-state index is 13.4. The first kappa shape index (κ1) is 39.1. The number of hydrogen-bond acceptors (Lipinski definition) is 4. The van der Waals surface area contributed by atoms with Crippen LogP contribution in [0.5, 0.6) is 5.75 Å². The summed E-state index contributed by atoms with van der Waals surface area (Å²) in [6, 6.07) is 6.41. The van der Waals surface area contributed by atoms with Gasteiger partial charge in [0.05, 0.1) is 36.6 Å². The van der Waals surface area contributed by atoms with Crippen molar-refractivity contribution in [1.29, 1.82) is 0 Å². The van der Waals surface area contributed by atoms with Gasteiger partial charge in [-0.2, -0.15) is 39.5 Å². The molecule has 0 saturated heterocycles. The smallest absolute Gasteiger partial charge is 0.435 e. The van der Waals surface area contributed by atoms with E-state index in [0.29, 0.717) is 24.2 Å². The second-order valence-electron chi connectivity index (χ2n) is 15.7. The fraction of sp³-hybridized carbons (Fsp3) is 0.829. The SMILES string of the molecule is COc1ccc2c(c1)CCC1C2CCC2(C)C(OC(C)(C)CC(C)(C)OC(C)CC(C)OC(C(F)(F)F)(C(F)(F)F)C(F)(F)F)CCC12. The summed E-state index contributed by atoms with van der Waals surface area (Å²) in [6.45, 7) is 11.7. The first-order valence-electron chi connectivity index (χ1n) is 16.7. The van der Waals surface area contributed by atoms with Crippen LogP contribution in [0.15, 0.2) is 18.2 Å². The molecule has 2 fully saturated rings. The van der Waals surface area contributed by atoms with E-state index in [-0.39, 0.29) is 11.5 Å². The number of rotatable bonds is 11. The molecule has 0 spiro atoms. The standard InChI is InChI=1S/C35H49F9O4/c1-20(17-21(2)47-32(33(36,37)38,34(39,40)41)35(42,43)44)46-29(3,4)19-30(5,6)48-28-14-13-27-26-11-9-22-18-23(45-8)10-12-24(22)25(26)15-16-31(27,28)7/h10,12,18,20-21,25-28H,9,11,13-17,19H2,1-8H3. The molecule has 1 aromatic carbocycles.